The van der Waals surface area contributed by atoms with Crippen LogP contribution in [0.25, 0.3) is 16.9 Å². The van der Waals surface area contributed by atoms with E-state index in [0.29, 0.717) is 29.1 Å². The molecule has 1 unspecified atom stereocenters. The molecule has 0 radical (unpaired) electrons. The standard InChI is InChI=1S/C26H33FN6O3/c1-15(2)8-21(34)16(3)32-20-10-23(33-7-6-18-9-17(11-28)12-30-24(18)33)29-13-19(20)25(35)31-14-22(27)26(4,5)36/h6-7,9-10,12-13,15-16,21-22,34,36H,8,14H2,1-5H3,(H,29,32)(H,31,35)/t16-,21?,22+/m0/s1. The van der Waals surface area contributed by atoms with Crippen molar-refractivity contribution < 1.29 is 19.4 Å². The molecule has 0 aromatic carbocycles. The number of aliphatic hydroxyl groups excluding tert-OH is 1. The Kier molecular flexibility index (Phi) is 8.28. The number of alkyl halides is 1. The highest BCUT2D eigenvalue weighted by atomic mass is 19.1. The lowest BCUT2D eigenvalue weighted by Crippen LogP contribution is -2.42. The number of nitrogens with one attached hydrogen (secondary N) is 2. The summed E-state index contributed by atoms with van der Waals surface area (Å²) >= 11 is 0. The highest BCUT2D eigenvalue weighted by Crippen LogP contribution is 2.24. The lowest BCUT2D eigenvalue weighted by molar-refractivity contribution is -0.00177. The van der Waals surface area contributed by atoms with Gasteiger partial charge in [-0.25, -0.2) is 14.4 Å². The van der Waals surface area contributed by atoms with Gasteiger partial charge in [0.15, 0.2) is 0 Å². The van der Waals surface area contributed by atoms with Crippen LogP contribution in [0.1, 0.15) is 57.0 Å². The first kappa shape index (κ1) is 27.0. The number of nitriles is 1. The van der Waals surface area contributed by atoms with Gasteiger partial charge < -0.3 is 20.8 Å². The minimum atomic E-state index is -1.66. The molecule has 10 heteroatoms. The molecule has 3 aromatic heterocycles. The Bertz CT molecular complexity index is 1260. The molecule has 0 aliphatic heterocycles. The summed E-state index contributed by atoms with van der Waals surface area (Å²) in [5.74, 6) is 0.175. The van der Waals surface area contributed by atoms with Gasteiger partial charge in [0, 0.05) is 36.1 Å². The number of anilines is 1. The van der Waals surface area contributed by atoms with Crippen LogP contribution in [0, 0.1) is 17.2 Å². The molecule has 0 saturated carbocycles. The van der Waals surface area contributed by atoms with Gasteiger partial charge in [0.2, 0.25) is 0 Å². The number of aromatic nitrogens is 3. The molecule has 192 valence electrons. The molecule has 0 aliphatic rings. The molecule has 9 nitrogen and oxygen atoms in total. The van der Waals surface area contributed by atoms with Crippen molar-refractivity contribution in [3.8, 4) is 11.9 Å². The lowest BCUT2D eigenvalue weighted by Gasteiger charge is -2.25. The van der Waals surface area contributed by atoms with Gasteiger partial charge in [0.05, 0.1) is 35.1 Å². The van der Waals surface area contributed by atoms with E-state index in [1.54, 1.807) is 22.9 Å². The number of hydrogen-bond donors (Lipinski definition) is 4. The quantitative estimate of drug-likeness (QED) is 0.338. The van der Waals surface area contributed by atoms with E-state index < -0.39 is 29.8 Å². The zero-order valence-corrected chi connectivity index (χ0v) is 21.2. The molecular formula is C26H33FN6O3. The predicted molar refractivity (Wildman–Crippen MR) is 136 cm³/mol. The van der Waals surface area contributed by atoms with Gasteiger partial charge in [-0.1, -0.05) is 13.8 Å². The Labute approximate surface area is 210 Å². The van der Waals surface area contributed by atoms with E-state index in [-0.39, 0.29) is 18.0 Å². The summed E-state index contributed by atoms with van der Waals surface area (Å²) in [7, 11) is 0. The monoisotopic (exact) mass is 496 g/mol. The van der Waals surface area contributed by atoms with Gasteiger partial charge in [-0.15, -0.1) is 0 Å². The smallest absolute Gasteiger partial charge is 0.255 e. The lowest BCUT2D eigenvalue weighted by atomic mass is 10.0. The summed E-state index contributed by atoms with van der Waals surface area (Å²) in [5, 5.41) is 36.0. The van der Waals surface area contributed by atoms with Gasteiger partial charge in [-0.3, -0.25) is 9.36 Å². The Hall–Kier alpha value is -3.55. The van der Waals surface area contributed by atoms with Crippen molar-refractivity contribution >= 4 is 22.6 Å². The second kappa shape index (κ2) is 11.0. The molecule has 0 bridgehead atoms. The first-order valence-corrected chi connectivity index (χ1v) is 11.9. The number of aliphatic hydroxyl groups is 2. The van der Waals surface area contributed by atoms with Gasteiger partial charge in [0.1, 0.15) is 23.7 Å². The maximum atomic E-state index is 14.2. The first-order valence-electron chi connectivity index (χ1n) is 11.9. The van der Waals surface area contributed by atoms with Crippen LogP contribution in [-0.2, 0) is 0 Å². The predicted octanol–water partition coefficient (Wildman–Crippen LogP) is 3.34. The van der Waals surface area contributed by atoms with E-state index >= 15 is 0 Å². The van der Waals surface area contributed by atoms with Crippen LogP contribution >= 0.6 is 0 Å². The van der Waals surface area contributed by atoms with Gasteiger partial charge in [-0.05, 0) is 45.2 Å². The van der Waals surface area contributed by atoms with Crippen LogP contribution < -0.4 is 10.6 Å². The maximum absolute atomic E-state index is 14.2. The highest BCUT2D eigenvalue weighted by molar-refractivity contribution is 5.99. The van der Waals surface area contributed by atoms with Crippen LogP contribution in [0.2, 0.25) is 0 Å². The molecule has 3 atom stereocenters. The zero-order chi connectivity index (χ0) is 26.6. The molecule has 3 rings (SSSR count). The summed E-state index contributed by atoms with van der Waals surface area (Å²) < 4.78 is 15.9. The Morgan fingerprint density at radius 1 is 1.25 bits per heavy atom. The normalized spacial score (nSPS) is 14.3. The topological polar surface area (TPSA) is 136 Å². The van der Waals surface area contributed by atoms with Crippen LogP contribution in [0.15, 0.2) is 36.8 Å². The van der Waals surface area contributed by atoms with E-state index in [9.17, 15) is 19.4 Å². The number of carbonyl (C=O) groups is 1. The number of hydrogen-bond acceptors (Lipinski definition) is 7. The van der Waals surface area contributed by atoms with E-state index in [0.717, 1.165) is 5.39 Å². The summed E-state index contributed by atoms with van der Waals surface area (Å²) in [6.45, 7) is 8.13. The number of nitrogens with zero attached hydrogens (tertiary/aromatic N) is 4. The highest BCUT2D eigenvalue weighted by Gasteiger charge is 2.27. The van der Waals surface area contributed by atoms with Gasteiger partial charge >= 0.3 is 0 Å². The third-order valence-electron chi connectivity index (χ3n) is 5.92. The minimum absolute atomic E-state index is 0.168. The summed E-state index contributed by atoms with van der Waals surface area (Å²) in [5.41, 5.74) is -0.000901. The molecule has 3 heterocycles. The fourth-order valence-corrected chi connectivity index (χ4v) is 3.70. The molecule has 0 spiro atoms. The molecule has 3 aromatic rings. The molecule has 0 saturated heterocycles. The van der Waals surface area contributed by atoms with Crippen molar-refractivity contribution in [3.63, 3.8) is 0 Å². The first-order chi connectivity index (χ1) is 16.9. The fraction of sp³-hybridized carbons (Fsp3) is 0.462. The van der Waals surface area contributed by atoms with Crippen molar-refractivity contribution in [2.24, 2.45) is 5.92 Å². The molecule has 36 heavy (non-hydrogen) atoms. The van der Waals surface area contributed by atoms with Gasteiger partial charge in [-0.2, -0.15) is 5.26 Å². The van der Waals surface area contributed by atoms with Crippen molar-refractivity contribution in [3.05, 3.63) is 47.9 Å². The minimum Gasteiger partial charge on any atom is -0.391 e. The van der Waals surface area contributed by atoms with E-state index in [1.165, 1.54) is 26.2 Å². The zero-order valence-electron chi connectivity index (χ0n) is 21.2. The van der Waals surface area contributed by atoms with E-state index in [4.69, 9.17) is 5.26 Å². The molecule has 0 aliphatic carbocycles. The van der Waals surface area contributed by atoms with Crippen molar-refractivity contribution in [1.29, 1.82) is 5.26 Å². The number of pyridine rings is 2. The van der Waals surface area contributed by atoms with Crippen LogP contribution in [0.4, 0.5) is 10.1 Å². The van der Waals surface area contributed by atoms with Crippen LogP contribution in [0.5, 0.6) is 0 Å². The van der Waals surface area contributed by atoms with Crippen molar-refractivity contribution in [2.75, 3.05) is 11.9 Å². The van der Waals surface area contributed by atoms with E-state index in [1.807, 2.05) is 26.8 Å². The SMILES string of the molecule is CC(C)CC(O)[C@H](C)Nc1cc(-n2ccc3cc(C#N)cnc32)ncc1C(=O)NC[C@@H](F)C(C)(C)O. The third-order valence-corrected chi connectivity index (χ3v) is 5.92. The molecule has 4 N–H and O–H groups in total. The number of rotatable bonds is 10. The Morgan fingerprint density at radius 3 is 2.61 bits per heavy atom. The number of fused-ring (bicyclic) bond motifs is 1. The number of halogens is 1. The second-order valence-electron chi connectivity index (χ2n) is 9.98. The van der Waals surface area contributed by atoms with Crippen LogP contribution in [-0.4, -0.2) is 61.1 Å². The van der Waals surface area contributed by atoms with Crippen LogP contribution in [0.3, 0.4) is 0 Å². The Morgan fingerprint density at radius 2 is 1.97 bits per heavy atom. The second-order valence-corrected chi connectivity index (χ2v) is 9.98. The fourth-order valence-electron chi connectivity index (χ4n) is 3.70. The summed E-state index contributed by atoms with van der Waals surface area (Å²) in [6.07, 6.45) is 2.85. The summed E-state index contributed by atoms with van der Waals surface area (Å²) in [6, 6.07) is 6.87. The van der Waals surface area contributed by atoms with Gasteiger partial charge in [0.25, 0.3) is 5.91 Å². The average Bonchev–Trinajstić information content (AvgIpc) is 3.24. The molecule has 0 fully saturated rings. The number of amides is 1. The molecular weight excluding hydrogens is 463 g/mol. The van der Waals surface area contributed by atoms with Crippen molar-refractivity contribution in [2.45, 2.75) is 65.0 Å². The average molecular weight is 497 g/mol. The van der Waals surface area contributed by atoms with Crippen molar-refractivity contribution in [1.82, 2.24) is 19.9 Å². The van der Waals surface area contributed by atoms with E-state index in [2.05, 4.69) is 26.7 Å². The Balaban J connectivity index is 1.96. The summed E-state index contributed by atoms with van der Waals surface area (Å²) in [4.78, 5) is 21.7. The maximum Gasteiger partial charge on any atom is 0.255 e. The largest absolute Gasteiger partial charge is 0.391 e. The third kappa shape index (κ3) is 6.36. The number of carbonyl (C=O) groups excluding carboxylic acids is 1. The molecule has 1 amide bonds.